The molecule has 2 aliphatic heterocycles. The van der Waals surface area contributed by atoms with Gasteiger partial charge in [-0.25, -0.2) is 13.4 Å². The van der Waals surface area contributed by atoms with Crippen molar-refractivity contribution in [2.24, 2.45) is 0 Å². The fraction of sp³-hybridized carbons (Fsp3) is 0.250. The highest BCUT2D eigenvalue weighted by molar-refractivity contribution is 7.89. The molecule has 1 amide bonds. The SMILES string of the molecule is Nc1nc(F)c(-c2ccc(S(=O)(=O)N3CCOCC3)cc2)cc1-c1ccc2c(c1)CCNC2=O. The number of ether oxygens (including phenoxy) is 1. The predicted octanol–water partition coefficient (Wildman–Crippen LogP) is 2.44. The van der Waals surface area contributed by atoms with Crippen LogP contribution in [0.1, 0.15) is 15.9 Å². The minimum atomic E-state index is -3.65. The molecule has 10 heteroatoms. The van der Waals surface area contributed by atoms with Gasteiger partial charge in [-0.1, -0.05) is 24.3 Å². The topological polar surface area (TPSA) is 115 Å². The Kier molecular flexibility index (Phi) is 5.80. The molecule has 1 fully saturated rings. The van der Waals surface area contributed by atoms with Gasteiger partial charge in [0.15, 0.2) is 0 Å². The van der Waals surface area contributed by atoms with Crippen LogP contribution in [0.3, 0.4) is 0 Å². The Morgan fingerprint density at radius 1 is 0.971 bits per heavy atom. The molecule has 2 aromatic carbocycles. The van der Waals surface area contributed by atoms with Gasteiger partial charge in [-0.05, 0) is 47.4 Å². The summed E-state index contributed by atoms with van der Waals surface area (Å²) in [5.74, 6) is -0.832. The van der Waals surface area contributed by atoms with E-state index in [1.807, 2.05) is 6.07 Å². The number of benzene rings is 2. The summed E-state index contributed by atoms with van der Waals surface area (Å²) in [6.07, 6.45) is 0.690. The van der Waals surface area contributed by atoms with Crippen molar-refractivity contribution in [1.82, 2.24) is 14.6 Å². The molecule has 3 N–H and O–H groups in total. The summed E-state index contributed by atoms with van der Waals surface area (Å²) in [6, 6.07) is 13.0. The van der Waals surface area contributed by atoms with Crippen molar-refractivity contribution in [3.05, 3.63) is 65.6 Å². The van der Waals surface area contributed by atoms with Crippen LogP contribution in [0.2, 0.25) is 0 Å². The van der Waals surface area contributed by atoms with E-state index in [4.69, 9.17) is 10.5 Å². The van der Waals surface area contributed by atoms with Crippen molar-refractivity contribution in [2.75, 3.05) is 38.6 Å². The molecule has 176 valence electrons. The maximum absolute atomic E-state index is 14.8. The van der Waals surface area contributed by atoms with Gasteiger partial charge in [0.1, 0.15) is 5.82 Å². The molecule has 2 aliphatic rings. The number of nitrogens with zero attached hydrogens (tertiary/aromatic N) is 2. The van der Waals surface area contributed by atoms with Crippen molar-refractivity contribution in [3.8, 4) is 22.3 Å². The van der Waals surface area contributed by atoms with E-state index in [9.17, 15) is 17.6 Å². The van der Waals surface area contributed by atoms with Crippen LogP contribution in [0.25, 0.3) is 22.3 Å². The first kappa shape index (κ1) is 22.5. The number of hydrogen-bond donors (Lipinski definition) is 2. The molecule has 3 heterocycles. The quantitative estimate of drug-likeness (QED) is 0.552. The Balaban J connectivity index is 1.49. The first-order chi connectivity index (χ1) is 16.3. The largest absolute Gasteiger partial charge is 0.383 e. The lowest BCUT2D eigenvalue weighted by molar-refractivity contribution is 0.0730. The number of hydrogen-bond acceptors (Lipinski definition) is 6. The molecule has 0 spiro atoms. The van der Waals surface area contributed by atoms with E-state index in [1.165, 1.54) is 16.4 Å². The Morgan fingerprint density at radius 2 is 1.68 bits per heavy atom. The lowest BCUT2D eigenvalue weighted by Crippen LogP contribution is -2.40. The fourth-order valence-corrected chi connectivity index (χ4v) is 5.68. The maximum Gasteiger partial charge on any atom is 0.251 e. The number of nitrogens with one attached hydrogen (secondary N) is 1. The molecule has 3 aromatic rings. The average molecular weight is 483 g/mol. The van der Waals surface area contributed by atoms with Gasteiger partial charge in [-0.2, -0.15) is 8.70 Å². The van der Waals surface area contributed by atoms with Crippen LogP contribution in [0, 0.1) is 5.95 Å². The van der Waals surface area contributed by atoms with Crippen LogP contribution in [-0.2, 0) is 21.2 Å². The van der Waals surface area contributed by atoms with Crippen molar-refractivity contribution in [1.29, 1.82) is 0 Å². The number of nitrogen functional groups attached to an aromatic ring is 1. The third-order valence-electron chi connectivity index (χ3n) is 6.12. The molecule has 0 atom stereocenters. The number of rotatable bonds is 4. The third kappa shape index (κ3) is 4.04. The van der Waals surface area contributed by atoms with Gasteiger partial charge in [-0.15, -0.1) is 0 Å². The first-order valence-electron chi connectivity index (χ1n) is 10.9. The highest BCUT2D eigenvalue weighted by atomic mass is 32.2. The molecule has 0 aliphatic carbocycles. The Bertz CT molecular complexity index is 1370. The fourth-order valence-electron chi connectivity index (χ4n) is 4.28. The normalized spacial score (nSPS) is 16.7. The second kappa shape index (κ2) is 8.79. The molecule has 34 heavy (non-hydrogen) atoms. The second-order valence-electron chi connectivity index (χ2n) is 8.18. The van der Waals surface area contributed by atoms with E-state index < -0.39 is 16.0 Å². The van der Waals surface area contributed by atoms with Crippen molar-refractivity contribution in [2.45, 2.75) is 11.3 Å². The van der Waals surface area contributed by atoms with Gasteiger partial charge in [0.05, 0.1) is 18.1 Å². The van der Waals surface area contributed by atoms with Crippen LogP contribution < -0.4 is 11.1 Å². The molecule has 1 saturated heterocycles. The molecule has 1 aromatic heterocycles. The standard InChI is InChI=1S/C24H23FN4O4S/c25-22-20(15-1-4-18(5-2-15)34(31,32)29-9-11-33-12-10-29)14-21(23(26)28-22)16-3-6-19-17(13-16)7-8-27-24(19)30/h1-6,13-14H,7-12H2,(H2,26,28)(H,27,30). The molecule has 8 nitrogen and oxygen atoms in total. The summed E-state index contributed by atoms with van der Waals surface area (Å²) in [5, 5.41) is 2.81. The summed E-state index contributed by atoms with van der Waals surface area (Å²) in [4.78, 5) is 16.1. The van der Waals surface area contributed by atoms with Crippen LogP contribution in [0.5, 0.6) is 0 Å². The summed E-state index contributed by atoms with van der Waals surface area (Å²) in [5.41, 5.74) is 9.49. The van der Waals surface area contributed by atoms with Crippen LogP contribution in [-0.4, -0.2) is 56.5 Å². The Labute approximate surface area is 196 Å². The Morgan fingerprint density at radius 3 is 2.41 bits per heavy atom. The minimum absolute atomic E-state index is 0.0352. The summed E-state index contributed by atoms with van der Waals surface area (Å²) < 4.78 is 47.1. The number of amides is 1. The number of fused-ring (bicyclic) bond motifs is 1. The lowest BCUT2D eigenvalue weighted by Gasteiger charge is -2.26. The molecular weight excluding hydrogens is 459 g/mol. The first-order valence-corrected chi connectivity index (χ1v) is 12.3. The number of carbonyl (C=O) groups is 1. The van der Waals surface area contributed by atoms with Gasteiger partial charge in [0, 0.05) is 36.3 Å². The van der Waals surface area contributed by atoms with Crippen molar-refractivity contribution >= 4 is 21.7 Å². The van der Waals surface area contributed by atoms with Crippen molar-refractivity contribution < 1.29 is 22.3 Å². The average Bonchev–Trinajstić information content (AvgIpc) is 2.85. The van der Waals surface area contributed by atoms with Gasteiger partial charge in [-0.3, -0.25) is 4.79 Å². The molecule has 0 unspecified atom stereocenters. The number of morpholine rings is 1. The van der Waals surface area contributed by atoms with Crippen molar-refractivity contribution in [3.63, 3.8) is 0 Å². The van der Waals surface area contributed by atoms with Gasteiger partial charge < -0.3 is 15.8 Å². The van der Waals surface area contributed by atoms with Gasteiger partial charge in [0.25, 0.3) is 5.91 Å². The molecule has 0 bridgehead atoms. The smallest absolute Gasteiger partial charge is 0.251 e. The molecule has 5 rings (SSSR count). The number of nitrogens with two attached hydrogens (primary N) is 1. The number of halogens is 1. The van der Waals surface area contributed by atoms with E-state index in [-0.39, 0.29) is 22.2 Å². The predicted molar refractivity (Wildman–Crippen MR) is 125 cm³/mol. The second-order valence-corrected chi connectivity index (χ2v) is 10.1. The number of carbonyl (C=O) groups excluding carboxylic acids is 1. The monoisotopic (exact) mass is 482 g/mol. The van der Waals surface area contributed by atoms with Gasteiger partial charge >= 0.3 is 0 Å². The van der Waals surface area contributed by atoms with Crippen LogP contribution in [0.15, 0.2) is 53.4 Å². The Hall–Kier alpha value is -3.34. The lowest BCUT2D eigenvalue weighted by atomic mass is 9.94. The molecule has 0 radical (unpaired) electrons. The van der Waals surface area contributed by atoms with E-state index in [0.29, 0.717) is 56.0 Å². The van der Waals surface area contributed by atoms with Crippen LogP contribution in [0.4, 0.5) is 10.2 Å². The minimum Gasteiger partial charge on any atom is -0.383 e. The number of sulfonamides is 1. The highest BCUT2D eigenvalue weighted by Crippen LogP contribution is 2.33. The van der Waals surface area contributed by atoms with E-state index in [0.717, 1.165) is 11.1 Å². The van der Waals surface area contributed by atoms with Crippen LogP contribution >= 0.6 is 0 Å². The highest BCUT2D eigenvalue weighted by Gasteiger charge is 2.26. The number of anilines is 1. The van der Waals surface area contributed by atoms with E-state index >= 15 is 0 Å². The molecular formula is C24H23FN4O4S. The summed E-state index contributed by atoms with van der Waals surface area (Å²) in [7, 11) is -3.65. The zero-order chi connectivity index (χ0) is 23.9. The summed E-state index contributed by atoms with van der Waals surface area (Å²) in [6.45, 7) is 1.86. The van der Waals surface area contributed by atoms with E-state index in [2.05, 4.69) is 10.3 Å². The summed E-state index contributed by atoms with van der Waals surface area (Å²) >= 11 is 0. The maximum atomic E-state index is 14.8. The van der Waals surface area contributed by atoms with Gasteiger partial charge in [0.2, 0.25) is 16.0 Å². The zero-order valence-corrected chi connectivity index (χ0v) is 19.1. The van der Waals surface area contributed by atoms with E-state index in [1.54, 1.807) is 30.3 Å². The number of aromatic nitrogens is 1. The molecule has 0 saturated carbocycles. The third-order valence-corrected chi connectivity index (χ3v) is 8.03. The zero-order valence-electron chi connectivity index (χ0n) is 18.3. The number of pyridine rings is 1.